The van der Waals surface area contributed by atoms with Gasteiger partial charge in [-0.3, -0.25) is 4.79 Å². The van der Waals surface area contributed by atoms with Gasteiger partial charge in [0.25, 0.3) is 5.91 Å². The number of carbonyl (C=O) groups is 1. The quantitative estimate of drug-likeness (QED) is 0.601. The number of nitrogens with one attached hydrogen (secondary N) is 1. The number of ether oxygens (including phenoxy) is 2. The summed E-state index contributed by atoms with van der Waals surface area (Å²) < 4.78 is 10.5. The van der Waals surface area contributed by atoms with Crippen molar-refractivity contribution in [3.05, 3.63) is 51.1 Å². The number of benzene rings is 1. The Bertz CT molecular complexity index is 989. The van der Waals surface area contributed by atoms with Crippen LogP contribution in [0.5, 0.6) is 5.88 Å². The molecule has 0 spiro atoms. The van der Waals surface area contributed by atoms with Gasteiger partial charge >= 0.3 is 0 Å². The van der Waals surface area contributed by atoms with Crippen LogP contribution >= 0.6 is 22.9 Å². The number of halogens is 1. The summed E-state index contributed by atoms with van der Waals surface area (Å²) in [5, 5.41) is 4.54. The average Bonchev–Trinajstić information content (AvgIpc) is 3.03. The third kappa shape index (κ3) is 4.11. The Labute approximate surface area is 172 Å². The highest BCUT2D eigenvalue weighted by Crippen LogP contribution is 2.35. The Hall–Kier alpha value is -2.22. The maximum atomic E-state index is 13.0. The van der Waals surface area contributed by atoms with Gasteiger partial charge in [-0.25, -0.2) is 4.98 Å². The number of aryl methyl sites for hydroxylation is 1. The summed E-state index contributed by atoms with van der Waals surface area (Å²) in [4.78, 5) is 23.2. The zero-order valence-corrected chi connectivity index (χ0v) is 17.8. The van der Waals surface area contributed by atoms with Crippen LogP contribution in [0.15, 0.2) is 24.3 Å². The zero-order valence-electron chi connectivity index (χ0n) is 16.2. The van der Waals surface area contributed by atoms with Crippen LogP contribution in [0.2, 0.25) is 5.02 Å². The minimum absolute atomic E-state index is 0.105. The number of aromatic nitrogens is 2. The highest BCUT2D eigenvalue weighted by Gasteiger charge is 2.23. The molecule has 1 amide bonds. The van der Waals surface area contributed by atoms with E-state index in [0.717, 1.165) is 22.9 Å². The number of rotatable bonds is 7. The Balaban J connectivity index is 1.94. The van der Waals surface area contributed by atoms with Crippen molar-refractivity contribution in [2.75, 3.05) is 14.2 Å². The van der Waals surface area contributed by atoms with Crippen LogP contribution in [0.25, 0.3) is 10.2 Å². The van der Waals surface area contributed by atoms with Crippen LogP contribution in [0.4, 0.5) is 0 Å². The predicted octanol–water partition coefficient (Wildman–Crippen LogP) is 4.69. The number of carbonyl (C=O) groups excluding carboxylic acids is 1. The normalized spacial score (nSPS) is 12.2. The molecular formula is C20H22ClN3O3S. The van der Waals surface area contributed by atoms with Crippen LogP contribution in [0.1, 0.15) is 46.0 Å². The van der Waals surface area contributed by atoms with Gasteiger partial charge in [-0.05, 0) is 36.6 Å². The van der Waals surface area contributed by atoms with Crippen molar-refractivity contribution in [1.82, 2.24) is 15.3 Å². The van der Waals surface area contributed by atoms with Crippen molar-refractivity contribution in [2.45, 2.75) is 32.9 Å². The van der Waals surface area contributed by atoms with Gasteiger partial charge in [0, 0.05) is 12.1 Å². The molecule has 0 fully saturated rings. The van der Waals surface area contributed by atoms with E-state index >= 15 is 0 Å². The first kappa shape index (κ1) is 20.5. The maximum Gasteiger partial charge on any atom is 0.262 e. The van der Waals surface area contributed by atoms with E-state index in [0.29, 0.717) is 26.4 Å². The van der Waals surface area contributed by atoms with Gasteiger partial charge in [0.15, 0.2) is 5.82 Å². The molecular weight excluding hydrogens is 398 g/mol. The summed E-state index contributed by atoms with van der Waals surface area (Å²) >= 11 is 7.30. The maximum absolute atomic E-state index is 13.0. The number of fused-ring (bicyclic) bond motifs is 1. The Morgan fingerprint density at radius 2 is 1.96 bits per heavy atom. The van der Waals surface area contributed by atoms with Gasteiger partial charge in [0.05, 0.1) is 23.4 Å². The Morgan fingerprint density at radius 3 is 2.57 bits per heavy atom. The molecule has 1 atom stereocenters. The first-order valence-electron chi connectivity index (χ1n) is 8.87. The molecule has 2 aromatic heterocycles. The van der Waals surface area contributed by atoms with Crippen molar-refractivity contribution in [3.8, 4) is 5.88 Å². The largest absolute Gasteiger partial charge is 0.480 e. The molecule has 0 aliphatic carbocycles. The third-order valence-electron chi connectivity index (χ3n) is 4.46. The monoisotopic (exact) mass is 419 g/mol. The molecule has 3 aromatic rings. The molecule has 0 bridgehead atoms. The lowest BCUT2D eigenvalue weighted by atomic mass is 10.0. The summed E-state index contributed by atoms with van der Waals surface area (Å²) in [6.45, 7) is 4.20. The zero-order chi connectivity index (χ0) is 20.3. The molecule has 0 saturated carbocycles. The molecule has 2 heterocycles. The van der Waals surface area contributed by atoms with E-state index in [-0.39, 0.29) is 18.6 Å². The van der Waals surface area contributed by atoms with E-state index in [4.69, 9.17) is 21.1 Å². The number of hydrogen-bond donors (Lipinski definition) is 1. The summed E-state index contributed by atoms with van der Waals surface area (Å²) in [7, 11) is 3.14. The van der Waals surface area contributed by atoms with E-state index in [1.807, 2.05) is 38.1 Å². The van der Waals surface area contributed by atoms with Gasteiger partial charge in [-0.2, -0.15) is 4.98 Å². The van der Waals surface area contributed by atoms with Crippen LogP contribution in [0.3, 0.4) is 0 Å². The number of methoxy groups -OCH3 is 2. The lowest BCUT2D eigenvalue weighted by molar-refractivity contribution is 0.0939. The third-order valence-corrected chi connectivity index (χ3v) is 5.90. The molecule has 0 saturated heterocycles. The van der Waals surface area contributed by atoms with E-state index in [2.05, 4.69) is 15.3 Å². The Kier molecular flexibility index (Phi) is 6.49. The second-order valence-electron chi connectivity index (χ2n) is 6.30. The number of thiophene rings is 1. The second kappa shape index (κ2) is 8.86. The standard InChI is InChI=1S/C20H22ClN3O3S/c1-5-14(12-6-8-13(21)9-7-12)22-18(25)17-11(2)16-19(27-4)23-15(10-26-3)24-20(16)28-17/h6-9,14H,5,10H2,1-4H3,(H,22,25). The van der Waals surface area contributed by atoms with Crippen molar-refractivity contribution in [1.29, 1.82) is 0 Å². The second-order valence-corrected chi connectivity index (χ2v) is 7.74. The summed E-state index contributed by atoms with van der Waals surface area (Å²) in [6, 6.07) is 7.41. The molecule has 6 nitrogen and oxygen atoms in total. The summed E-state index contributed by atoms with van der Waals surface area (Å²) in [6.07, 6.45) is 0.762. The van der Waals surface area contributed by atoms with Crippen LogP contribution in [-0.2, 0) is 11.3 Å². The van der Waals surface area contributed by atoms with E-state index < -0.39 is 0 Å². The van der Waals surface area contributed by atoms with Crippen molar-refractivity contribution >= 4 is 39.1 Å². The van der Waals surface area contributed by atoms with Crippen molar-refractivity contribution < 1.29 is 14.3 Å². The molecule has 3 rings (SSSR count). The Morgan fingerprint density at radius 1 is 1.25 bits per heavy atom. The highest BCUT2D eigenvalue weighted by atomic mass is 35.5. The predicted molar refractivity (Wildman–Crippen MR) is 111 cm³/mol. The molecule has 0 aliphatic rings. The highest BCUT2D eigenvalue weighted by molar-refractivity contribution is 7.20. The van der Waals surface area contributed by atoms with E-state index in [1.165, 1.54) is 11.3 Å². The van der Waals surface area contributed by atoms with Crippen LogP contribution in [0, 0.1) is 6.92 Å². The fourth-order valence-corrected chi connectivity index (χ4v) is 4.26. The number of hydrogen-bond acceptors (Lipinski definition) is 6. The van der Waals surface area contributed by atoms with Crippen LogP contribution < -0.4 is 10.1 Å². The SMILES string of the molecule is CCC(NC(=O)c1sc2nc(COC)nc(OC)c2c1C)c1ccc(Cl)cc1. The molecule has 28 heavy (non-hydrogen) atoms. The fraction of sp³-hybridized carbons (Fsp3) is 0.350. The van der Waals surface area contributed by atoms with Gasteiger partial charge in [-0.1, -0.05) is 30.7 Å². The summed E-state index contributed by atoms with van der Waals surface area (Å²) in [5.74, 6) is 0.833. The van der Waals surface area contributed by atoms with Gasteiger partial charge in [0.2, 0.25) is 5.88 Å². The molecule has 0 radical (unpaired) electrons. The minimum Gasteiger partial charge on any atom is -0.480 e. The number of nitrogens with zero attached hydrogens (tertiary/aromatic N) is 2. The fourth-order valence-electron chi connectivity index (χ4n) is 3.04. The van der Waals surface area contributed by atoms with Gasteiger partial charge < -0.3 is 14.8 Å². The molecule has 148 valence electrons. The lowest BCUT2D eigenvalue weighted by Crippen LogP contribution is -2.27. The first-order valence-corrected chi connectivity index (χ1v) is 10.1. The van der Waals surface area contributed by atoms with Crippen LogP contribution in [-0.4, -0.2) is 30.1 Å². The lowest BCUT2D eigenvalue weighted by Gasteiger charge is -2.17. The molecule has 1 aromatic carbocycles. The van der Waals surface area contributed by atoms with Gasteiger partial charge in [-0.15, -0.1) is 11.3 Å². The number of amides is 1. The molecule has 8 heteroatoms. The van der Waals surface area contributed by atoms with E-state index in [9.17, 15) is 4.79 Å². The first-order chi connectivity index (χ1) is 13.5. The van der Waals surface area contributed by atoms with E-state index in [1.54, 1.807) is 14.2 Å². The van der Waals surface area contributed by atoms with Gasteiger partial charge in [0.1, 0.15) is 11.4 Å². The van der Waals surface area contributed by atoms with Crippen molar-refractivity contribution in [2.24, 2.45) is 0 Å². The molecule has 1 unspecified atom stereocenters. The molecule has 1 N–H and O–H groups in total. The molecule has 0 aliphatic heterocycles. The summed E-state index contributed by atoms with van der Waals surface area (Å²) in [5.41, 5.74) is 1.82. The smallest absolute Gasteiger partial charge is 0.262 e. The van der Waals surface area contributed by atoms with Crippen molar-refractivity contribution in [3.63, 3.8) is 0 Å². The topological polar surface area (TPSA) is 73.3 Å². The minimum atomic E-state index is -0.141. The average molecular weight is 420 g/mol.